The van der Waals surface area contributed by atoms with Gasteiger partial charge in [0, 0.05) is 13.7 Å². The number of hydrogen-bond donors (Lipinski definition) is 2. The minimum absolute atomic E-state index is 0. The molecule has 1 heterocycles. The molecule has 0 saturated carbocycles. The maximum atomic E-state index is 12.0. The number of aryl methyl sites for hydroxylation is 1. The highest BCUT2D eigenvalue weighted by molar-refractivity contribution is 14.0. The van der Waals surface area contributed by atoms with Crippen molar-refractivity contribution in [1.82, 2.24) is 15.6 Å². The molecule has 30 heavy (non-hydrogen) atoms. The fraction of sp³-hybridized carbons (Fsp3) is 0.476. The topological polar surface area (TPSA) is 84.8 Å². The average Bonchev–Trinajstić information content (AvgIpc) is 3.10. The van der Waals surface area contributed by atoms with Gasteiger partial charge < -0.3 is 20.1 Å². The van der Waals surface area contributed by atoms with Crippen LogP contribution in [0.15, 0.2) is 29.3 Å². The van der Waals surface area contributed by atoms with E-state index in [0.717, 1.165) is 22.7 Å². The van der Waals surface area contributed by atoms with E-state index >= 15 is 0 Å². The first kappa shape index (κ1) is 26.3. The van der Waals surface area contributed by atoms with Crippen LogP contribution in [0.25, 0.3) is 0 Å². The zero-order valence-electron chi connectivity index (χ0n) is 18.2. The Hall–Kier alpha value is -1.72. The number of nitrogens with zero attached hydrogens (tertiary/aromatic N) is 2. The number of hydrogen-bond acceptors (Lipinski definition) is 6. The first-order valence-corrected chi connectivity index (χ1v) is 10.6. The lowest BCUT2D eigenvalue weighted by molar-refractivity contribution is 0.0531. The number of aromatic nitrogens is 1. The predicted molar refractivity (Wildman–Crippen MR) is 132 cm³/mol. The van der Waals surface area contributed by atoms with Crippen LogP contribution in [0.2, 0.25) is 0 Å². The summed E-state index contributed by atoms with van der Waals surface area (Å²) in [5.41, 5.74) is 2.94. The number of guanidine groups is 1. The number of carbonyl (C=O) groups is 1. The highest BCUT2D eigenvalue weighted by atomic mass is 127. The predicted octanol–water partition coefficient (Wildman–Crippen LogP) is 4.21. The lowest BCUT2D eigenvalue weighted by atomic mass is 10.1. The van der Waals surface area contributed by atoms with E-state index in [4.69, 9.17) is 9.47 Å². The van der Waals surface area contributed by atoms with Crippen molar-refractivity contribution >= 4 is 47.2 Å². The Balaban J connectivity index is 0.00000450. The number of aliphatic imine (C=N–C) groups is 1. The summed E-state index contributed by atoms with van der Waals surface area (Å²) in [6.45, 7) is 9.90. The molecule has 0 aliphatic heterocycles. The summed E-state index contributed by atoms with van der Waals surface area (Å²) in [4.78, 5) is 21.8. The number of carbonyl (C=O) groups excluding carboxylic acids is 1. The Bertz CT molecular complexity index is 824. The molecule has 1 aromatic heterocycles. The third kappa shape index (κ3) is 7.84. The Morgan fingerprint density at radius 3 is 2.50 bits per heavy atom. The lowest BCUT2D eigenvalue weighted by Gasteiger charge is -2.16. The number of nitrogens with one attached hydrogen (secondary N) is 2. The van der Waals surface area contributed by atoms with E-state index in [2.05, 4.69) is 32.7 Å². The van der Waals surface area contributed by atoms with E-state index in [9.17, 15) is 4.79 Å². The second kappa shape index (κ2) is 13.6. The molecule has 2 rings (SSSR count). The van der Waals surface area contributed by atoms with Gasteiger partial charge in [-0.05, 0) is 38.8 Å². The smallest absolute Gasteiger partial charge is 0.350 e. The number of thiazole rings is 1. The fourth-order valence-corrected chi connectivity index (χ4v) is 3.62. The standard InChI is InChI=1S/C21H30N4O3S.HI/c1-6-22-21(23-12-16-8-10-17(11-9-16)13-27-5)25-15(4)19-24-14(3)18(29-19)20(26)28-7-2;/h8-11,15H,6-7,12-13H2,1-5H3,(H2,22,23,25);1H. The molecule has 0 aliphatic rings. The third-order valence-corrected chi connectivity index (χ3v) is 5.42. The quantitative estimate of drug-likeness (QED) is 0.212. The van der Waals surface area contributed by atoms with Gasteiger partial charge >= 0.3 is 5.97 Å². The molecule has 0 fully saturated rings. The summed E-state index contributed by atoms with van der Waals surface area (Å²) in [5, 5.41) is 7.44. The fourth-order valence-electron chi connectivity index (χ4n) is 2.65. The van der Waals surface area contributed by atoms with Crippen LogP contribution in [0.5, 0.6) is 0 Å². The Labute approximate surface area is 199 Å². The number of benzene rings is 1. The van der Waals surface area contributed by atoms with Crippen LogP contribution >= 0.6 is 35.3 Å². The Morgan fingerprint density at radius 2 is 1.90 bits per heavy atom. The number of methoxy groups -OCH3 is 1. The monoisotopic (exact) mass is 546 g/mol. The van der Waals surface area contributed by atoms with Gasteiger partial charge in [0.1, 0.15) is 9.88 Å². The van der Waals surface area contributed by atoms with E-state index in [1.165, 1.54) is 11.3 Å². The van der Waals surface area contributed by atoms with E-state index in [1.807, 2.05) is 32.9 Å². The van der Waals surface area contributed by atoms with Crippen molar-refractivity contribution < 1.29 is 14.3 Å². The molecule has 1 aromatic carbocycles. The summed E-state index contributed by atoms with van der Waals surface area (Å²) >= 11 is 1.35. The molecule has 0 spiro atoms. The van der Waals surface area contributed by atoms with E-state index in [0.29, 0.717) is 36.3 Å². The van der Waals surface area contributed by atoms with Crippen molar-refractivity contribution in [3.8, 4) is 0 Å². The second-order valence-corrected chi connectivity index (χ2v) is 7.53. The van der Waals surface area contributed by atoms with Crippen molar-refractivity contribution in [2.24, 2.45) is 4.99 Å². The lowest BCUT2D eigenvalue weighted by Crippen LogP contribution is -2.38. The summed E-state index contributed by atoms with van der Waals surface area (Å²) in [6.07, 6.45) is 0. The van der Waals surface area contributed by atoms with Gasteiger partial charge in [-0.25, -0.2) is 14.8 Å². The largest absolute Gasteiger partial charge is 0.462 e. The molecule has 2 aromatic rings. The zero-order chi connectivity index (χ0) is 21.2. The van der Waals surface area contributed by atoms with Crippen molar-refractivity contribution in [2.75, 3.05) is 20.3 Å². The summed E-state index contributed by atoms with van der Waals surface area (Å²) < 4.78 is 10.2. The van der Waals surface area contributed by atoms with Gasteiger partial charge in [-0.1, -0.05) is 24.3 Å². The van der Waals surface area contributed by atoms with Crippen molar-refractivity contribution in [3.63, 3.8) is 0 Å². The first-order valence-electron chi connectivity index (χ1n) is 9.74. The highest BCUT2D eigenvalue weighted by Crippen LogP contribution is 2.24. The normalized spacial score (nSPS) is 12.1. The molecule has 0 saturated heterocycles. The average molecular weight is 546 g/mol. The maximum absolute atomic E-state index is 12.0. The molecule has 7 nitrogen and oxygen atoms in total. The van der Waals surface area contributed by atoms with E-state index < -0.39 is 0 Å². The third-order valence-electron chi connectivity index (χ3n) is 4.10. The van der Waals surface area contributed by atoms with Crippen molar-refractivity contribution in [1.29, 1.82) is 0 Å². The van der Waals surface area contributed by atoms with Gasteiger partial charge in [0.15, 0.2) is 5.96 Å². The molecule has 9 heteroatoms. The number of halogens is 1. The molecular formula is C21H31IN4O3S. The molecule has 0 amide bonds. The van der Waals surface area contributed by atoms with Crippen LogP contribution in [0, 0.1) is 6.92 Å². The van der Waals surface area contributed by atoms with Gasteiger partial charge in [-0.15, -0.1) is 35.3 Å². The first-order chi connectivity index (χ1) is 14.0. The number of esters is 1. The zero-order valence-corrected chi connectivity index (χ0v) is 21.3. The molecule has 0 radical (unpaired) electrons. The molecule has 0 aliphatic carbocycles. The van der Waals surface area contributed by atoms with Crippen LogP contribution in [-0.2, 0) is 22.6 Å². The van der Waals surface area contributed by atoms with E-state index in [1.54, 1.807) is 14.0 Å². The van der Waals surface area contributed by atoms with Gasteiger partial charge in [-0.3, -0.25) is 0 Å². The van der Waals surface area contributed by atoms with E-state index in [-0.39, 0.29) is 36.0 Å². The van der Waals surface area contributed by atoms with Crippen LogP contribution in [-0.4, -0.2) is 37.2 Å². The number of rotatable bonds is 9. The molecular weight excluding hydrogens is 515 g/mol. The number of ether oxygens (including phenoxy) is 2. The van der Waals surface area contributed by atoms with Crippen molar-refractivity contribution in [2.45, 2.75) is 46.9 Å². The van der Waals surface area contributed by atoms with Crippen molar-refractivity contribution in [3.05, 3.63) is 51.0 Å². The molecule has 0 bridgehead atoms. The minimum atomic E-state index is -0.321. The Morgan fingerprint density at radius 1 is 1.23 bits per heavy atom. The van der Waals surface area contributed by atoms with Crippen LogP contribution in [0.1, 0.15) is 58.3 Å². The van der Waals surface area contributed by atoms with Crippen LogP contribution in [0.4, 0.5) is 0 Å². The summed E-state index contributed by atoms with van der Waals surface area (Å²) in [5.74, 6) is 0.380. The minimum Gasteiger partial charge on any atom is -0.462 e. The molecule has 2 N–H and O–H groups in total. The molecule has 1 atom stereocenters. The second-order valence-electron chi connectivity index (χ2n) is 6.50. The summed E-state index contributed by atoms with van der Waals surface area (Å²) in [7, 11) is 1.69. The molecule has 1 unspecified atom stereocenters. The Kier molecular flexibility index (Phi) is 11.9. The molecule has 166 valence electrons. The van der Waals surface area contributed by atoms with Gasteiger partial charge in [0.25, 0.3) is 0 Å². The SMILES string of the molecule is CCNC(=NCc1ccc(COC)cc1)NC(C)c1nc(C)c(C(=O)OCC)s1.I. The van der Waals surface area contributed by atoms with Gasteiger partial charge in [0.2, 0.25) is 0 Å². The summed E-state index contributed by atoms with van der Waals surface area (Å²) in [6, 6.07) is 8.12. The van der Waals surface area contributed by atoms with Crippen LogP contribution < -0.4 is 10.6 Å². The highest BCUT2D eigenvalue weighted by Gasteiger charge is 2.20. The van der Waals surface area contributed by atoms with Gasteiger partial charge in [0.05, 0.1) is 31.5 Å². The van der Waals surface area contributed by atoms with Crippen LogP contribution in [0.3, 0.4) is 0 Å². The maximum Gasteiger partial charge on any atom is 0.350 e. The van der Waals surface area contributed by atoms with Gasteiger partial charge in [-0.2, -0.15) is 0 Å².